The topological polar surface area (TPSA) is 119 Å². The van der Waals surface area contributed by atoms with E-state index in [9.17, 15) is 9.90 Å². The third kappa shape index (κ3) is 7.56. The molecular formula is C38H35N5O4S2. The highest BCUT2D eigenvalue weighted by molar-refractivity contribution is 8.01. The van der Waals surface area contributed by atoms with E-state index in [1.165, 1.54) is 6.20 Å². The fourth-order valence-corrected chi connectivity index (χ4v) is 7.91. The predicted octanol–water partition coefficient (Wildman–Crippen LogP) is 7.46. The molecule has 7 rings (SSSR count). The molecule has 0 spiro atoms. The van der Waals surface area contributed by atoms with Gasteiger partial charge >= 0.3 is 0 Å². The van der Waals surface area contributed by atoms with Crippen molar-refractivity contribution in [1.29, 1.82) is 0 Å². The van der Waals surface area contributed by atoms with Crippen LogP contribution in [0, 0.1) is 12.8 Å². The molecule has 11 heteroatoms. The van der Waals surface area contributed by atoms with Gasteiger partial charge in [0.2, 0.25) is 0 Å². The first-order valence-electron chi connectivity index (χ1n) is 16.1. The number of aryl methyl sites for hydroxylation is 1. The standard InChI is InChI=1S/C38H35N5O4S2/c1-23-34(22-48-38-43-42-24(2)49-38)46-37(47-35(23)27-13-11-25(21-44)12-14-27)28-17-15-26(16-18-28)30-8-4-3-7-29(30)19-40-36(45)33-20-39-31-9-5-6-10-32(31)41-33/h3-18,20,23,34-35,37,44H,19,21-22H2,1-2H3,(H,40,45)/t23-,34+,35+,37+/m1/s1. The lowest BCUT2D eigenvalue weighted by Gasteiger charge is -2.41. The predicted molar refractivity (Wildman–Crippen MR) is 191 cm³/mol. The molecule has 248 valence electrons. The fourth-order valence-electron chi connectivity index (χ4n) is 5.91. The van der Waals surface area contributed by atoms with Gasteiger partial charge in [-0.1, -0.05) is 115 Å². The number of para-hydroxylation sites is 2. The van der Waals surface area contributed by atoms with Crippen LogP contribution >= 0.6 is 23.1 Å². The van der Waals surface area contributed by atoms with Crippen LogP contribution in [0.25, 0.3) is 22.2 Å². The number of aliphatic hydroxyl groups excluding tert-OH is 1. The van der Waals surface area contributed by atoms with E-state index in [1.54, 1.807) is 23.1 Å². The van der Waals surface area contributed by atoms with Crippen molar-refractivity contribution in [1.82, 2.24) is 25.5 Å². The van der Waals surface area contributed by atoms with Gasteiger partial charge in [-0.05, 0) is 46.9 Å². The van der Waals surface area contributed by atoms with Crippen LogP contribution in [-0.2, 0) is 22.6 Å². The number of nitrogens with one attached hydrogen (secondary N) is 1. The van der Waals surface area contributed by atoms with Crippen molar-refractivity contribution in [3.8, 4) is 11.1 Å². The second-order valence-electron chi connectivity index (χ2n) is 11.9. The molecule has 1 saturated heterocycles. The molecule has 4 atom stereocenters. The van der Waals surface area contributed by atoms with Crippen LogP contribution in [0.5, 0.6) is 0 Å². The van der Waals surface area contributed by atoms with Crippen LogP contribution in [0.15, 0.2) is 108 Å². The van der Waals surface area contributed by atoms with Crippen molar-refractivity contribution in [2.24, 2.45) is 5.92 Å². The number of hydrogen-bond acceptors (Lipinski definition) is 10. The summed E-state index contributed by atoms with van der Waals surface area (Å²) in [7, 11) is 0. The molecule has 1 aliphatic heterocycles. The van der Waals surface area contributed by atoms with Crippen molar-refractivity contribution in [3.63, 3.8) is 0 Å². The van der Waals surface area contributed by atoms with Crippen molar-refractivity contribution in [2.75, 3.05) is 5.75 Å². The van der Waals surface area contributed by atoms with Crippen LogP contribution in [0.2, 0.25) is 0 Å². The molecule has 0 saturated carbocycles. The lowest BCUT2D eigenvalue weighted by molar-refractivity contribution is -0.268. The van der Waals surface area contributed by atoms with E-state index in [4.69, 9.17) is 9.47 Å². The monoisotopic (exact) mass is 689 g/mol. The Morgan fingerprint density at radius 2 is 1.63 bits per heavy atom. The highest BCUT2D eigenvalue weighted by atomic mass is 32.2. The zero-order chi connectivity index (χ0) is 33.7. The van der Waals surface area contributed by atoms with Crippen molar-refractivity contribution >= 4 is 40.0 Å². The van der Waals surface area contributed by atoms with E-state index in [0.29, 0.717) is 17.8 Å². The number of hydrogen-bond donors (Lipinski definition) is 2. The van der Waals surface area contributed by atoms with Crippen LogP contribution in [0.1, 0.15) is 57.1 Å². The summed E-state index contributed by atoms with van der Waals surface area (Å²) < 4.78 is 14.2. The third-order valence-electron chi connectivity index (χ3n) is 8.63. The largest absolute Gasteiger partial charge is 0.392 e. The maximum Gasteiger partial charge on any atom is 0.271 e. The number of carbonyl (C=O) groups excluding carboxylic acids is 1. The Morgan fingerprint density at radius 1 is 0.898 bits per heavy atom. The van der Waals surface area contributed by atoms with Crippen molar-refractivity contribution < 1.29 is 19.4 Å². The van der Waals surface area contributed by atoms with Gasteiger partial charge in [0.15, 0.2) is 10.6 Å². The first kappa shape index (κ1) is 33.0. The van der Waals surface area contributed by atoms with E-state index < -0.39 is 6.29 Å². The third-order valence-corrected chi connectivity index (χ3v) is 10.7. The molecule has 4 aromatic carbocycles. The van der Waals surface area contributed by atoms with E-state index in [1.807, 2.05) is 85.8 Å². The molecule has 1 aliphatic rings. The zero-order valence-electron chi connectivity index (χ0n) is 27.0. The quantitative estimate of drug-likeness (QED) is 0.141. The molecule has 6 aromatic rings. The van der Waals surface area contributed by atoms with Crippen LogP contribution in [0.4, 0.5) is 0 Å². The van der Waals surface area contributed by atoms with Gasteiger partial charge in [0.1, 0.15) is 10.7 Å². The molecule has 9 nitrogen and oxygen atoms in total. The summed E-state index contributed by atoms with van der Waals surface area (Å²) in [5.41, 5.74) is 7.52. The number of aliphatic hydroxyl groups is 1. The number of aromatic nitrogens is 4. The minimum atomic E-state index is -0.577. The minimum absolute atomic E-state index is 0.00535. The number of ether oxygens (including phenoxy) is 2. The number of rotatable bonds is 10. The molecule has 0 bridgehead atoms. The van der Waals surface area contributed by atoms with E-state index in [-0.39, 0.29) is 36.3 Å². The maximum absolute atomic E-state index is 13.0. The number of benzene rings is 4. The summed E-state index contributed by atoms with van der Waals surface area (Å²) in [6.45, 7) is 4.44. The van der Waals surface area contributed by atoms with E-state index in [0.717, 1.165) is 48.2 Å². The Hall–Kier alpha value is -4.52. The summed E-state index contributed by atoms with van der Waals surface area (Å²) in [6.07, 6.45) is 0.622. The molecule has 3 heterocycles. The number of amides is 1. The molecule has 2 aromatic heterocycles. The van der Waals surface area contributed by atoms with Gasteiger partial charge in [0, 0.05) is 23.8 Å². The van der Waals surface area contributed by atoms with Crippen molar-refractivity contribution in [2.45, 2.75) is 49.8 Å². The Morgan fingerprint density at radius 3 is 2.39 bits per heavy atom. The fraction of sp³-hybridized carbons (Fsp3) is 0.237. The first-order chi connectivity index (χ1) is 23.9. The molecule has 0 unspecified atom stereocenters. The van der Waals surface area contributed by atoms with Gasteiger partial charge in [0.25, 0.3) is 5.91 Å². The SMILES string of the molecule is Cc1nnc(SC[C@@H]2O[C@H](c3ccc(-c4ccccc4CNC(=O)c4cnc5ccccc5n4)cc3)O[C@H](c3ccc(CO)cc3)[C@@H]2C)s1. The summed E-state index contributed by atoms with van der Waals surface area (Å²) in [5.74, 6) is 0.501. The number of nitrogens with zero attached hydrogens (tertiary/aromatic N) is 4. The molecule has 49 heavy (non-hydrogen) atoms. The lowest BCUT2D eigenvalue weighted by atomic mass is 9.91. The van der Waals surface area contributed by atoms with Crippen LogP contribution in [0.3, 0.4) is 0 Å². The Balaban J connectivity index is 1.08. The molecule has 0 aliphatic carbocycles. The summed E-state index contributed by atoms with van der Waals surface area (Å²) in [6, 6.07) is 31.7. The second-order valence-corrected chi connectivity index (χ2v) is 14.4. The Labute approximate surface area is 292 Å². The van der Waals surface area contributed by atoms with Crippen LogP contribution in [-0.4, -0.2) is 43.0 Å². The minimum Gasteiger partial charge on any atom is -0.392 e. The maximum atomic E-state index is 13.0. The van der Waals surface area contributed by atoms with Gasteiger partial charge in [-0.25, -0.2) is 4.98 Å². The molecule has 1 fully saturated rings. The van der Waals surface area contributed by atoms with Gasteiger partial charge in [-0.2, -0.15) is 0 Å². The van der Waals surface area contributed by atoms with Gasteiger partial charge in [-0.3, -0.25) is 9.78 Å². The molecule has 0 radical (unpaired) electrons. The smallest absolute Gasteiger partial charge is 0.271 e. The van der Waals surface area contributed by atoms with E-state index in [2.05, 4.69) is 50.6 Å². The summed E-state index contributed by atoms with van der Waals surface area (Å²) >= 11 is 3.23. The van der Waals surface area contributed by atoms with Crippen molar-refractivity contribution in [3.05, 3.63) is 136 Å². The highest BCUT2D eigenvalue weighted by Crippen LogP contribution is 2.43. The molecule has 2 N–H and O–H groups in total. The van der Waals surface area contributed by atoms with Gasteiger partial charge < -0.3 is 19.9 Å². The highest BCUT2D eigenvalue weighted by Gasteiger charge is 2.38. The normalized spacial score (nSPS) is 19.2. The second kappa shape index (κ2) is 14.9. The Kier molecular flexibility index (Phi) is 10.1. The van der Waals surface area contributed by atoms with Gasteiger partial charge in [-0.15, -0.1) is 10.2 Å². The average molecular weight is 690 g/mol. The summed E-state index contributed by atoms with van der Waals surface area (Å²) in [5, 5.41) is 22.0. The first-order valence-corrected chi connectivity index (χ1v) is 17.9. The van der Waals surface area contributed by atoms with E-state index >= 15 is 0 Å². The number of fused-ring (bicyclic) bond motifs is 1. The Bertz CT molecular complexity index is 2050. The number of thioether (sulfide) groups is 1. The average Bonchev–Trinajstić information content (AvgIpc) is 3.58. The molecule has 1 amide bonds. The van der Waals surface area contributed by atoms with Gasteiger partial charge in [0.05, 0.1) is 36.0 Å². The zero-order valence-corrected chi connectivity index (χ0v) is 28.7. The lowest BCUT2D eigenvalue weighted by Crippen LogP contribution is -2.38. The molecular weight excluding hydrogens is 655 g/mol. The summed E-state index contributed by atoms with van der Waals surface area (Å²) in [4.78, 5) is 21.9. The van der Waals surface area contributed by atoms with Crippen LogP contribution < -0.4 is 5.32 Å². The number of carbonyl (C=O) groups is 1.